The molecule has 96 valence electrons. The molecule has 1 aliphatic heterocycles. The summed E-state index contributed by atoms with van der Waals surface area (Å²) in [6.07, 6.45) is 2.60. The van der Waals surface area contributed by atoms with Crippen LogP contribution in [0.1, 0.15) is 47.5 Å². The van der Waals surface area contributed by atoms with Crippen molar-refractivity contribution in [2.75, 3.05) is 19.6 Å². The fourth-order valence-electron chi connectivity index (χ4n) is 2.55. The standard InChI is InChI=1S/C14H30N2/c1-11(2)9-14-10-16(8-6-7-15-14)13(5)12(3)4/h11-15H,6-10H2,1-5H3. The van der Waals surface area contributed by atoms with Crippen molar-refractivity contribution in [1.29, 1.82) is 0 Å². The van der Waals surface area contributed by atoms with Gasteiger partial charge in [-0.3, -0.25) is 4.90 Å². The van der Waals surface area contributed by atoms with Gasteiger partial charge < -0.3 is 5.32 Å². The molecular formula is C14H30N2. The van der Waals surface area contributed by atoms with Crippen molar-refractivity contribution >= 4 is 0 Å². The molecule has 0 aromatic carbocycles. The van der Waals surface area contributed by atoms with E-state index in [9.17, 15) is 0 Å². The van der Waals surface area contributed by atoms with Crippen LogP contribution in [0.2, 0.25) is 0 Å². The first-order valence-corrected chi connectivity index (χ1v) is 6.98. The van der Waals surface area contributed by atoms with Gasteiger partial charge in [-0.1, -0.05) is 27.7 Å². The fraction of sp³-hybridized carbons (Fsp3) is 1.00. The largest absolute Gasteiger partial charge is 0.313 e. The SMILES string of the molecule is CC(C)CC1CN(C(C)C(C)C)CCCN1. The van der Waals surface area contributed by atoms with E-state index in [1.165, 1.54) is 32.5 Å². The van der Waals surface area contributed by atoms with Crippen LogP contribution in [0.3, 0.4) is 0 Å². The molecule has 0 saturated carbocycles. The molecule has 2 nitrogen and oxygen atoms in total. The maximum absolute atomic E-state index is 3.70. The maximum Gasteiger partial charge on any atom is 0.0197 e. The molecule has 0 aromatic heterocycles. The topological polar surface area (TPSA) is 15.3 Å². The minimum absolute atomic E-state index is 0.698. The summed E-state index contributed by atoms with van der Waals surface area (Å²) < 4.78 is 0. The van der Waals surface area contributed by atoms with Crippen LogP contribution in [-0.2, 0) is 0 Å². The molecule has 0 amide bonds. The van der Waals surface area contributed by atoms with E-state index in [1.807, 2.05) is 0 Å². The van der Waals surface area contributed by atoms with Gasteiger partial charge in [-0.05, 0) is 44.7 Å². The van der Waals surface area contributed by atoms with Gasteiger partial charge in [0.2, 0.25) is 0 Å². The van der Waals surface area contributed by atoms with Crippen LogP contribution in [0.4, 0.5) is 0 Å². The number of hydrogen-bond acceptors (Lipinski definition) is 2. The average Bonchev–Trinajstić information content (AvgIpc) is 2.41. The van der Waals surface area contributed by atoms with Gasteiger partial charge in [0.25, 0.3) is 0 Å². The van der Waals surface area contributed by atoms with Gasteiger partial charge in [-0.25, -0.2) is 0 Å². The van der Waals surface area contributed by atoms with Crippen molar-refractivity contribution in [3.05, 3.63) is 0 Å². The van der Waals surface area contributed by atoms with Crippen LogP contribution >= 0.6 is 0 Å². The summed E-state index contributed by atoms with van der Waals surface area (Å²) in [6, 6.07) is 1.42. The maximum atomic E-state index is 3.70. The second-order valence-corrected chi connectivity index (χ2v) is 6.11. The lowest BCUT2D eigenvalue weighted by molar-refractivity contribution is 0.161. The molecule has 16 heavy (non-hydrogen) atoms. The molecular weight excluding hydrogens is 196 g/mol. The molecule has 1 saturated heterocycles. The molecule has 1 N–H and O–H groups in total. The van der Waals surface area contributed by atoms with Crippen molar-refractivity contribution in [1.82, 2.24) is 10.2 Å². The molecule has 0 spiro atoms. The summed E-state index contributed by atoms with van der Waals surface area (Å²) in [5, 5.41) is 3.70. The van der Waals surface area contributed by atoms with Crippen LogP contribution in [0.25, 0.3) is 0 Å². The Balaban J connectivity index is 2.51. The Hall–Kier alpha value is -0.0800. The predicted molar refractivity (Wildman–Crippen MR) is 71.7 cm³/mol. The highest BCUT2D eigenvalue weighted by molar-refractivity contribution is 4.81. The third kappa shape index (κ3) is 4.42. The normalized spacial score (nSPS) is 26.1. The van der Waals surface area contributed by atoms with Crippen LogP contribution in [0.15, 0.2) is 0 Å². The van der Waals surface area contributed by atoms with Gasteiger partial charge >= 0.3 is 0 Å². The number of nitrogens with one attached hydrogen (secondary N) is 1. The predicted octanol–water partition coefficient (Wildman–Crippen LogP) is 2.74. The molecule has 0 bridgehead atoms. The molecule has 1 heterocycles. The van der Waals surface area contributed by atoms with Crippen molar-refractivity contribution < 1.29 is 0 Å². The zero-order valence-corrected chi connectivity index (χ0v) is 11.8. The van der Waals surface area contributed by atoms with E-state index < -0.39 is 0 Å². The Morgan fingerprint density at radius 1 is 1.19 bits per heavy atom. The molecule has 0 radical (unpaired) electrons. The average molecular weight is 226 g/mol. The Morgan fingerprint density at radius 2 is 1.88 bits per heavy atom. The van der Waals surface area contributed by atoms with Crippen molar-refractivity contribution in [3.63, 3.8) is 0 Å². The zero-order valence-electron chi connectivity index (χ0n) is 11.8. The van der Waals surface area contributed by atoms with Gasteiger partial charge in [-0.15, -0.1) is 0 Å². The summed E-state index contributed by atoms with van der Waals surface area (Å²) >= 11 is 0. The minimum atomic E-state index is 0.698. The molecule has 0 aliphatic carbocycles. The summed E-state index contributed by atoms with van der Waals surface area (Å²) in [4.78, 5) is 2.68. The fourth-order valence-corrected chi connectivity index (χ4v) is 2.55. The minimum Gasteiger partial charge on any atom is -0.313 e. The lowest BCUT2D eigenvalue weighted by atomic mass is 10.0. The highest BCUT2D eigenvalue weighted by Crippen LogP contribution is 2.15. The first kappa shape index (κ1) is 14.0. The van der Waals surface area contributed by atoms with Gasteiger partial charge in [0.1, 0.15) is 0 Å². The van der Waals surface area contributed by atoms with Gasteiger partial charge in [0.05, 0.1) is 0 Å². The van der Waals surface area contributed by atoms with E-state index in [2.05, 4.69) is 44.8 Å². The van der Waals surface area contributed by atoms with E-state index in [1.54, 1.807) is 0 Å². The quantitative estimate of drug-likeness (QED) is 0.793. The third-order valence-electron chi connectivity index (χ3n) is 3.81. The van der Waals surface area contributed by atoms with Gasteiger partial charge in [0, 0.05) is 18.6 Å². The van der Waals surface area contributed by atoms with Crippen molar-refractivity contribution in [3.8, 4) is 0 Å². The summed E-state index contributed by atoms with van der Waals surface area (Å²) in [5.41, 5.74) is 0. The smallest absolute Gasteiger partial charge is 0.0197 e. The van der Waals surface area contributed by atoms with Crippen LogP contribution in [0.5, 0.6) is 0 Å². The number of rotatable bonds is 4. The van der Waals surface area contributed by atoms with Crippen molar-refractivity contribution in [2.45, 2.75) is 59.5 Å². The summed E-state index contributed by atoms with van der Waals surface area (Å²) in [5.74, 6) is 1.56. The highest BCUT2D eigenvalue weighted by Gasteiger charge is 2.23. The molecule has 2 heteroatoms. The molecule has 1 fully saturated rings. The first-order chi connectivity index (χ1) is 7.50. The number of nitrogens with zero attached hydrogens (tertiary/aromatic N) is 1. The monoisotopic (exact) mass is 226 g/mol. The van der Waals surface area contributed by atoms with Crippen LogP contribution in [-0.4, -0.2) is 36.6 Å². The first-order valence-electron chi connectivity index (χ1n) is 6.98. The Labute approximate surface area is 102 Å². The molecule has 0 aromatic rings. The molecule has 1 aliphatic rings. The molecule has 2 atom stereocenters. The van der Waals surface area contributed by atoms with E-state index in [0.29, 0.717) is 6.04 Å². The van der Waals surface area contributed by atoms with Gasteiger partial charge in [0.15, 0.2) is 0 Å². The van der Waals surface area contributed by atoms with Gasteiger partial charge in [-0.2, -0.15) is 0 Å². The summed E-state index contributed by atoms with van der Waals surface area (Å²) in [6.45, 7) is 15.4. The molecule has 2 unspecified atom stereocenters. The Kier molecular flexibility index (Phi) is 5.77. The lowest BCUT2D eigenvalue weighted by Gasteiger charge is -2.33. The third-order valence-corrected chi connectivity index (χ3v) is 3.81. The second kappa shape index (κ2) is 6.61. The second-order valence-electron chi connectivity index (χ2n) is 6.11. The van der Waals surface area contributed by atoms with E-state index in [-0.39, 0.29) is 0 Å². The van der Waals surface area contributed by atoms with Crippen LogP contribution in [0, 0.1) is 11.8 Å². The van der Waals surface area contributed by atoms with Crippen molar-refractivity contribution in [2.24, 2.45) is 11.8 Å². The van der Waals surface area contributed by atoms with E-state index in [4.69, 9.17) is 0 Å². The Morgan fingerprint density at radius 3 is 2.44 bits per heavy atom. The lowest BCUT2D eigenvalue weighted by Crippen LogP contribution is -2.44. The molecule has 1 rings (SSSR count). The Bertz CT molecular complexity index is 189. The van der Waals surface area contributed by atoms with E-state index >= 15 is 0 Å². The summed E-state index contributed by atoms with van der Waals surface area (Å²) in [7, 11) is 0. The van der Waals surface area contributed by atoms with Crippen LogP contribution < -0.4 is 5.32 Å². The number of hydrogen-bond donors (Lipinski definition) is 1. The highest BCUT2D eigenvalue weighted by atomic mass is 15.2. The van der Waals surface area contributed by atoms with E-state index in [0.717, 1.165) is 17.9 Å². The zero-order chi connectivity index (χ0) is 12.1.